The van der Waals surface area contributed by atoms with Gasteiger partial charge < -0.3 is 10.1 Å². The van der Waals surface area contributed by atoms with Crippen molar-refractivity contribution >= 4 is 11.9 Å². The fourth-order valence-corrected chi connectivity index (χ4v) is 2.15. The highest BCUT2D eigenvalue weighted by atomic mass is 16.5. The lowest BCUT2D eigenvalue weighted by atomic mass is 10.0. The molecule has 1 aliphatic rings. The summed E-state index contributed by atoms with van der Waals surface area (Å²) in [6, 6.07) is -0.149. The lowest BCUT2D eigenvalue weighted by Crippen LogP contribution is -2.28. The van der Waals surface area contributed by atoms with Crippen LogP contribution >= 0.6 is 0 Å². The number of fused-ring (bicyclic) bond motifs is 1. The molecule has 0 radical (unpaired) electrons. The van der Waals surface area contributed by atoms with Crippen molar-refractivity contribution in [2.45, 2.75) is 39.7 Å². The highest BCUT2D eigenvalue weighted by Gasteiger charge is 2.30. The molecule has 2 heterocycles. The van der Waals surface area contributed by atoms with E-state index in [1.807, 2.05) is 6.92 Å². The van der Waals surface area contributed by atoms with Gasteiger partial charge in [-0.25, -0.2) is 9.48 Å². The number of aromatic nitrogens is 3. The van der Waals surface area contributed by atoms with Gasteiger partial charge in [0.1, 0.15) is 6.33 Å². The summed E-state index contributed by atoms with van der Waals surface area (Å²) in [5.74, 6) is 0.404. The van der Waals surface area contributed by atoms with Crippen molar-refractivity contribution in [2.24, 2.45) is 0 Å². The molecule has 6 nitrogen and oxygen atoms in total. The first-order chi connectivity index (χ1) is 8.69. The Balaban J connectivity index is 2.38. The van der Waals surface area contributed by atoms with E-state index in [1.54, 1.807) is 11.6 Å². The van der Waals surface area contributed by atoms with Crippen LogP contribution in [0.2, 0.25) is 0 Å². The number of rotatable bonds is 4. The van der Waals surface area contributed by atoms with Gasteiger partial charge in [-0.05, 0) is 20.3 Å². The molecule has 18 heavy (non-hydrogen) atoms. The van der Waals surface area contributed by atoms with E-state index in [4.69, 9.17) is 4.74 Å². The maximum absolute atomic E-state index is 12.0. The fourth-order valence-electron chi connectivity index (χ4n) is 2.15. The Bertz CT molecular complexity index is 478. The summed E-state index contributed by atoms with van der Waals surface area (Å²) >= 11 is 0. The number of carbonyl (C=O) groups excluding carboxylic acids is 1. The van der Waals surface area contributed by atoms with Crippen LogP contribution in [-0.2, 0) is 9.53 Å². The molecular formula is C12H18N4O2. The van der Waals surface area contributed by atoms with E-state index in [-0.39, 0.29) is 12.0 Å². The van der Waals surface area contributed by atoms with Gasteiger partial charge in [-0.3, -0.25) is 0 Å². The van der Waals surface area contributed by atoms with E-state index in [0.29, 0.717) is 18.1 Å². The van der Waals surface area contributed by atoms with Crippen LogP contribution in [0.4, 0.5) is 5.95 Å². The zero-order valence-electron chi connectivity index (χ0n) is 10.9. The molecule has 1 N–H and O–H groups in total. The first kappa shape index (κ1) is 12.6. The van der Waals surface area contributed by atoms with Gasteiger partial charge in [0.05, 0.1) is 18.2 Å². The Labute approximate surface area is 106 Å². The molecule has 1 aromatic heterocycles. The minimum atomic E-state index is -0.276. The zero-order chi connectivity index (χ0) is 13.1. The number of ether oxygens (including phenoxy) is 1. The number of hydrogen-bond acceptors (Lipinski definition) is 5. The van der Waals surface area contributed by atoms with Gasteiger partial charge in [0.25, 0.3) is 0 Å². The van der Waals surface area contributed by atoms with Crippen molar-refractivity contribution < 1.29 is 9.53 Å². The van der Waals surface area contributed by atoms with Gasteiger partial charge in [-0.15, -0.1) is 0 Å². The third kappa shape index (κ3) is 2.10. The second-order valence-corrected chi connectivity index (χ2v) is 4.19. The molecule has 0 aliphatic carbocycles. The Morgan fingerprint density at radius 1 is 1.56 bits per heavy atom. The molecule has 0 spiro atoms. The zero-order valence-corrected chi connectivity index (χ0v) is 10.9. The van der Waals surface area contributed by atoms with Crippen LogP contribution in [-0.4, -0.2) is 27.3 Å². The predicted octanol–water partition coefficient (Wildman–Crippen LogP) is 1.88. The van der Waals surface area contributed by atoms with Crippen LogP contribution in [0.1, 0.15) is 39.7 Å². The summed E-state index contributed by atoms with van der Waals surface area (Å²) in [5.41, 5.74) is 1.54. The summed E-state index contributed by atoms with van der Waals surface area (Å²) in [6.45, 7) is 6.18. The first-order valence-corrected chi connectivity index (χ1v) is 6.25. The van der Waals surface area contributed by atoms with Gasteiger partial charge >= 0.3 is 5.97 Å². The summed E-state index contributed by atoms with van der Waals surface area (Å²) in [7, 11) is 0. The van der Waals surface area contributed by atoms with Gasteiger partial charge in [0.15, 0.2) is 0 Å². The van der Waals surface area contributed by atoms with Crippen molar-refractivity contribution in [1.29, 1.82) is 0 Å². The van der Waals surface area contributed by atoms with Crippen LogP contribution < -0.4 is 5.32 Å². The first-order valence-electron chi connectivity index (χ1n) is 6.25. The summed E-state index contributed by atoms with van der Waals surface area (Å²) < 4.78 is 6.82. The van der Waals surface area contributed by atoms with E-state index >= 15 is 0 Å². The lowest BCUT2D eigenvalue weighted by molar-refractivity contribution is -0.139. The third-order valence-electron chi connectivity index (χ3n) is 2.94. The van der Waals surface area contributed by atoms with Crippen LogP contribution in [0.25, 0.3) is 0 Å². The molecule has 2 rings (SSSR count). The number of allylic oxidation sites excluding steroid dienone is 1. The second-order valence-electron chi connectivity index (χ2n) is 4.19. The molecule has 0 bridgehead atoms. The van der Waals surface area contributed by atoms with Gasteiger partial charge in [0.2, 0.25) is 5.95 Å². The van der Waals surface area contributed by atoms with Crippen molar-refractivity contribution in [2.75, 3.05) is 11.9 Å². The molecule has 98 valence electrons. The van der Waals surface area contributed by atoms with Crippen molar-refractivity contribution in [3.05, 3.63) is 17.6 Å². The molecular weight excluding hydrogens is 232 g/mol. The Hall–Kier alpha value is -1.85. The van der Waals surface area contributed by atoms with Crippen molar-refractivity contribution in [3.63, 3.8) is 0 Å². The van der Waals surface area contributed by atoms with E-state index in [9.17, 15) is 4.79 Å². The van der Waals surface area contributed by atoms with Gasteiger partial charge in [0, 0.05) is 5.70 Å². The highest BCUT2D eigenvalue weighted by Crippen LogP contribution is 2.31. The average Bonchev–Trinajstić information content (AvgIpc) is 2.78. The Morgan fingerprint density at radius 3 is 3.00 bits per heavy atom. The van der Waals surface area contributed by atoms with Crippen LogP contribution in [0.15, 0.2) is 17.6 Å². The minimum absolute atomic E-state index is 0.149. The molecule has 1 unspecified atom stereocenters. The molecule has 1 aromatic rings. The Kier molecular flexibility index (Phi) is 3.64. The molecule has 0 saturated carbocycles. The summed E-state index contributed by atoms with van der Waals surface area (Å²) in [4.78, 5) is 16.2. The SMILES string of the molecule is CCCC1=C(C(=O)OCC)C(C)n2ncnc2N1. The van der Waals surface area contributed by atoms with Crippen molar-refractivity contribution in [3.8, 4) is 0 Å². The molecule has 0 fully saturated rings. The van der Waals surface area contributed by atoms with Crippen LogP contribution in [0, 0.1) is 0 Å². The topological polar surface area (TPSA) is 69.0 Å². The smallest absolute Gasteiger partial charge is 0.337 e. The van der Waals surface area contributed by atoms with Crippen LogP contribution in [0.5, 0.6) is 0 Å². The minimum Gasteiger partial charge on any atom is -0.463 e. The molecule has 1 aliphatic heterocycles. The monoisotopic (exact) mass is 250 g/mol. The lowest BCUT2D eigenvalue weighted by Gasteiger charge is -2.26. The van der Waals surface area contributed by atoms with E-state index in [1.165, 1.54) is 6.33 Å². The number of nitrogens with one attached hydrogen (secondary N) is 1. The number of carbonyl (C=O) groups is 1. The number of hydrogen-bond donors (Lipinski definition) is 1. The highest BCUT2D eigenvalue weighted by molar-refractivity contribution is 5.91. The standard InChI is InChI=1S/C12H18N4O2/c1-4-6-9-10(11(17)18-5-2)8(3)16-12(15-9)13-7-14-16/h7-8H,4-6H2,1-3H3,(H,13,14,15). The van der Waals surface area contributed by atoms with E-state index in [2.05, 4.69) is 22.3 Å². The van der Waals surface area contributed by atoms with Gasteiger partial charge in [-0.2, -0.15) is 10.1 Å². The predicted molar refractivity (Wildman–Crippen MR) is 66.9 cm³/mol. The molecule has 0 saturated heterocycles. The number of anilines is 1. The second kappa shape index (κ2) is 5.20. The maximum Gasteiger partial charge on any atom is 0.337 e. The van der Waals surface area contributed by atoms with E-state index < -0.39 is 0 Å². The quantitative estimate of drug-likeness (QED) is 0.826. The summed E-state index contributed by atoms with van der Waals surface area (Å²) in [6.07, 6.45) is 3.23. The molecule has 0 aromatic carbocycles. The molecule has 0 amide bonds. The van der Waals surface area contributed by atoms with Gasteiger partial charge in [-0.1, -0.05) is 13.3 Å². The van der Waals surface area contributed by atoms with E-state index in [0.717, 1.165) is 18.5 Å². The molecule has 6 heteroatoms. The number of esters is 1. The largest absolute Gasteiger partial charge is 0.463 e. The number of nitrogens with zero attached hydrogens (tertiary/aromatic N) is 3. The average molecular weight is 250 g/mol. The normalized spacial score (nSPS) is 18.3. The Morgan fingerprint density at radius 2 is 2.33 bits per heavy atom. The van der Waals surface area contributed by atoms with Crippen molar-refractivity contribution in [1.82, 2.24) is 14.8 Å². The fraction of sp³-hybridized carbons (Fsp3) is 0.583. The maximum atomic E-state index is 12.0. The van der Waals surface area contributed by atoms with Crippen LogP contribution in [0.3, 0.4) is 0 Å². The molecule has 1 atom stereocenters. The third-order valence-corrected chi connectivity index (χ3v) is 2.94. The summed E-state index contributed by atoms with van der Waals surface area (Å²) in [5, 5.41) is 7.29.